The number of nitrogens with zero attached hydrogens (tertiary/aromatic N) is 2. The van der Waals surface area contributed by atoms with Crippen molar-refractivity contribution >= 4 is 5.69 Å². The summed E-state index contributed by atoms with van der Waals surface area (Å²) < 4.78 is 39.4. The van der Waals surface area contributed by atoms with E-state index in [1.165, 1.54) is 24.4 Å². The van der Waals surface area contributed by atoms with E-state index in [0.717, 1.165) is 4.68 Å². The van der Waals surface area contributed by atoms with Crippen LogP contribution in [0.5, 0.6) is 0 Å². The molecule has 1 heterocycles. The summed E-state index contributed by atoms with van der Waals surface area (Å²) in [6, 6.07) is 5.71. The second kappa shape index (κ2) is 4.48. The van der Waals surface area contributed by atoms with Gasteiger partial charge in [0, 0.05) is 0 Å². The highest BCUT2D eigenvalue weighted by atomic mass is 19.3. The number of aromatic nitrogens is 2. The Kier molecular flexibility index (Phi) is 3.03. The van der Waals surface area contributed by atoms with E-state index in [1.807, 2.05) is 0 Å². The van der Waals surface area contributed by atoms with Gasteiger partial charge in [0.1, 0.15) is 11.5 Å². The zero-order valence-corrected chi connectivity index (χ0v) is 8.78. The van der Waals surface area contributed by atoms with Crippen molar-refractivity contribution in [1.29, 1.82) is 0 Å². The van der Waals surface area contributed by atoms with Crippen molar-refractivity contribution in [3.8, 4) is 0 Å². The summed E-state index contributed by atoms with van der Waals surface area (Å²) in [7, 11) is 0. The molecule has 1 aromatic carbocycles. The van der Waals surface area contributed by atoms with E-state index in [-0.39, 0.29) is 17.9 Å². The molecule has 0 amide bonds. The lowest BCUT2D eigenvalue weighted by Gasteiger charge is -2.07. The standard InChI is InChI=1S/C11H10F3N3/c12-8-3-1-2-7(4-8)6-17-10(11(13)14)9(15)5-16-17/h1-5,11H,6,15H2. The molecule has 6 heteroatoms. The van der Waals surface area contributed by atoms with Crippen molar-refractivity contribution in [2.24, 2.45) is 0 Å². The molecule has 3 nitrogen and oxygen atoms in total. The summed E-state index contributed by atoms with van der Waals surface area (Å²) in [4.78, 5) is 0. The van der Waals surface area contributed by atoms with Gasteiger partial charge in [0.15, 0.2) is 0 Å². The van der Waals surface area contributed by atoms with E-state index in [4.69, 9.17) is 5.73 Å². The molecule has 0 fully saturated rings. The van der Waals surface area contributed by atoms with Gasteiger partial charge in [-0.2, -0.15) is 5.10 Å². The average molecular weight is 241 g/mol. The lowest BCUT2D eigenvalue weighted by Crippen LogP contribution is -2.08. The first-order valence-corrected chi connectivity index (χ1v) is 4.91. The van der Waals surface area contributed by atoms with Crippen LogP contribution in [0.2, 0.25) is 0 Å². The van der Waals surface area contributed by atoms with E-state index in [1.54, 1.807) is 6.07 Å². The third kappa shape index (κ3) is 2.41. The highest BCUT2D eigenvalue weighted by Crippen LogP contribution is 2.25. The van der Waals surface area contributed by atoms with E-state index >= 15 is 0 Å². The van der Waals surface area contributed by atoms with Crippen molar-refractivity contribution in [1.82, 2.24) is 9.78 Å². The quantitative estimate of drug-likeness (QED) is 0.897. The third-order valence-corrected chi connectivity index (χ3v) is 2.34. The molecule has 2 aromatic rings. The highest BCUT2D eigenvalue weighted by Gasteiger charge is 2.18. The number of halogens is 3. The largest absolute Gasteiger partial charge is 0.396 e. The summed E-state index contributed by atoms with van der Waals surface area (Å²) in [6.07, 6.45) is -1.54. The normalized spacial score (nSPS) is 11.1. The molecular weight excluding hydrogens is 231 g/mol. The van der Waals surface area contributed by atoms with Crippen LogP contribution in [0, 0.1) is 5.82 Å². The van der Waals surface area contributed by atoms with Crippen LogP contribution in [0.15, 0.2) is 30.5 Å². The molecule has 0 aliphatic heterocycles. The van der Waals surface area contributed by atoms with Gasteiger partial charge >= 0.3 is 0 Å². The van der Waals surface area contributed by atoms with Crippen LogP contribution in [0.4, 0.5) is 18.9 Å². The molecule has 17 heavy (non-hydrogen) atoms. The predicted molar refractivity (Wildman–Crippen MR) is 57.1 cm³/mol. The average Bonchev–Trinajstić information content (AvgIpc) is 2.59. The number of alkyl halides is 2. The fraction of sp³-hybridized carbons (Fsp3) is 0.182. The maximum absolute atomic E-state index is 12.9. The Morgan fingerprint density at radius 1 is 1.35 bits per heavy atom. The van der Waals surface area contributed by atoms with Crippen LogP contribution in [0.1, 0.15) is 17.7 Å². The first-order valence-electron chi connectivity index (χ1n) is 4.91. The minimum atomic E-state index is -2.70. The maximum atomic E-state index is 12.9. The fourth-order valence-electron chi connectivity index (χ4n) is 1.58. The van der Waals surface area contributed by atoms with E-state index in [0.29, 0.717) is 5.56 Å². The van der Waals surface area contributed by atoms with Gasteiger partial charge in [-0.1, -0.05) is 12.1 Å². The zero-order valence-electron chi connectivity index (χ0n) is 8.78. The summed E-state index contributed by atoms with van der Waals surface area (Å²) >= 11 is 0. The molecule has 0 bridgehead atoms. The Morgan fingerprint density at radius 3 is 2.76 bits per heavy atom. The number of nitrogens with two attached hydrogens (primary N) is 1. The zero-order chi connectivity index (χ0) is 12.4. The highest BCUT2D eigenvalue weighted by molar-refractivity contribution is 5.42. The van der Waals surface area contributed by atoms with Gasteiger partial charge in [-0.05, 0) is 17.7 Å². The second-order valence-electron chi connectivity index (χ2n) is 3.57. The van der Waals surface area contributed by atoms with Gasteiger partial charge in [-0.15, -0.1) is 0 Å². The number of benzene rings is 1. The number of anilines is 1. The summed E-state index contributed by atoms with van der Waals surface area (Å²) in [5.41, 5.74) is 5.54. The molecular formula is C11H10F3N3. The van der Waals surface area contributed by atoms with Gasteiger partial charge in [-0.3, -0.25) is 4.68 Å². The van der Waals surface area contributed by atoms with Gasteiger partial charge in [0.05, 0.1) is 18.4 Å². The molecule has 2 N–H and O–H groups in total. The fourth-order valence-corrected chi connectivity index (χ4v) is 1.58. The number of hydrogen-bond donors (Lipinski definition) is 1. The minimum Gasteiger partial charge on any atom is -0.396 e. The number of rotatable bonds is 3. The van der Waals surface area contributed by atoms with Crippen LogP contribution in [0.25, 0.3) is 0 Å². The third-order valence-electron chi connectivity index (χ3n) is 2.34. The Labute approximate surface area is 95.7 Å². The molecule has 0 radical (unpaired) electrons. The summed E-state index contributed by atoms with van der Waals surface area (Å²) in [6.45, 7) is 0.0641. The van der Waals surface area contributed by atoms with Crippen LogP contribution >= 0.6 is 0 Å². The Balaban J connectivity index is 2.30. The minimum absolute atomic E-state index is 0.0589. The molecule has 0 aliphatic rings. The lowest BCUT2D eigenvalue weighted by molar-refractivity contribution is 0.140. The molecule has 2 rings (SSSR count). The molecule has 0 saturated heterocycles. The van der Waals surface area contributed by atoms with Crippen molar-refractivity contribution in [3.05, 3.63) is 47.5 Å². The molecule has 1 aromatic heterocycles. The van der Waals surface area contributed by atoms with Crippen LogP contribution < -0.4 is 5.73 Å². The number of hydrogen-bond acceptors (Lipinski definition) is 2. The van der Waals surface area contributed by atoms with E-state index in [9.17, 15) is 13.2 Å². The van der Waals surface area contributed by atoms with Crippen LogP contribution in [0.3, 0.4) is 0 Å². The first kappa shape index (κ1) is 11.5. The first-order chi connectivity index (χ1) is 8.08. The van der Waals surface area contributed by atoms with Crippen LogP contribution in [-0.4, -0.2) is 9.78 Å². The molecule has 0 atom stereocenters. The molecule has 0 saturated carbocycles. The summed E-state index contributed by atoms with van der Waals surface area (Å²) in [5.74, 6) is -0.416. The van der Waals surface area contributed by atoms with E-state index in [2.05, 4.69) is 5.10 Å². The Hall–Kier alpha value is -1.98. The Bertz CT molecular complexity index is 522. The number of nitrogen functional groups attached to an aromatic ring is 1. The topological polar surface area (TPSA) is 43.8 Å². The predicted octanol–water partition coefficient (Wildman–Crippen LogP) is 2.59. The van der Waals surface area contributed by atoms with Gasteiger partial charge in [0.25, 0.3) is 6.43 Å². The molecule has 0 unspecified atom stereocenters. The van der Waals surface area contributed by atoms with Gasteiger partial charge in [0.2, 0.25) is 0 Å². The van der Waals surface area contributed by atoms with Crippen molar-refractivity contribution in [3.63, 3.8) is 0 Å². The monoisotopic (exact) mass is 241 g/mol. The van der Waals surface area contributed by atoms with Crippen molar-refractivity contribution < 1.29 is 13.2 Å². The van der Waals surface area contributed by atoms with Crippen molar-refractivity contribution in [2.45, 2.75) is 13.0 Å². The Morgan fingerprint density at radius 2 is 2.12 bits per heavy atom. The molecule has 0 aliphatic carbocycles. The van der Waals surface area contributed by atoms with Crippen molar-refractivity contribution in [2.75, 3.05) is 5.73 Å². The maximum Gasteiger partial charge on any atom is 0.282 e. The molecule has 0 spiro atoms. The van der Waals surface area contributed by atoms with Crippen LogP contribution in [-0.2, 0) is 6.54 Å². The molecule has 90 valence electrons. The van der Waals surface area contributed by atoms with Gasteiger partial charge in [-0.25, -0.2) is 13.2 Å². The smallest absolute Gasteiger partial charge is 0.282 e. The van der Waals surface area contributed by atoms with E-state index < -0.39 is 12.2 Å². The second-order valence-corrected chi connectivity index (χ2v) is 3.57. The summed E-state index contributed by atoms with van der Waals surface area (Å²) in [5, 5.41) is 3.75. The SMILES string of the molecule is Nc1cnn(Cc2cccc(F)c2)c1C(F)F. The van der Waals surface area contributed by atoms with Gasteiger partial charge < -0.3 is 5.73 Å². The lowest BCUT2D eigenvalue weighted by atomic mass is 10.2.